The molecule has 2 atom stereocenters. The van der Waals surface area contributed by atoms with Crippen molar-refractivity contribution in [3.05, 3.63) is 70.5 Å². The summed E-state index contributed by atoms with van der Waals surface area (Å²) in [6.45, 7) is 1.91. The van der Waals surface area contributed by atoms with E-state index in [1.807, 2.05) is 37.3 Å². The zero-order valence-corrected chi connectivity index (χ0v) is 11.9. The maximum absolute atomic E-state index is 13.1. The van der Waals surface area contributed by atoms with Crippen LogP contribution in [-0.4, -0.2) is 11.7 Å². The van der Waals surface area contributed by atoms with Crippen LogP contribution < -0.4 is 5.32 Å². The summed E-state index contributed by atoms with van der Waals surface area (Å²) in [6, 6.07) is 13.7. The molecule has 0 radical (unpaired) electrons. The first-order valence-corrected chi connectivity index (χ1v) is 6.86. The van der Waals surface area contributed by atoms with Gasteiger partial charge < -0.3 is 10.4 Å². The van der Waals surface area contributed by atoms with Gasteiger partial charge in [-0.1, -0.05) is 48.0 Å². The molecule has 0 aliphatic heterocycles. The average molecular weight is 294 g/mol. The Kier molecular flexibility index (Phi) is 5.12. The standard InChI is InChI=1S/C16H17ClFNO/c1-11(14-8-7-13(18)9-15(14)17)19-16(10-20)12-5-3-2-4-6-12/h2-9,11,16,19-20H,10H2,1H3/t11?,16-/m1/s1. The Bertz CT molecular complexity index is 562. The molecule has 0 aliphatic rings. The van der Waals surface area contributed by atoms with Gasteiger partial charge in [0.2, 0.25) is 0 Å². The van der Waals surface area contributed by atoms with Gasteiger partial charge in [0.25, 0.3) is 0 Å². The Labute approximate surface area is 123 Å². The maximum atomic E-state index is 13.1. The van der Waals surface area contributed by atoms with Crippen LogP contribution in [0.4, 0.5) is 4.39 Å². The summed E-state index contributed by atoms with van der Waals surface area (Å²) in [4.78, 5) is 0. The van der Waals surface area contributed by atoms with Crippen molar-refractivity contribution in [3.8, 4) is 0 Å². The van der Waals surface area contributed by atoms with Gasteiger partial charge in [0.15, 0.2) is 0 Å². The van der Waals surface area contributed by atoms with Crippen LogP contribution in [0.25, 0.3) is 0 Å². The van der Waals surface area contributed by atoms with Crippen molar-refractivity contribution in [2.45, 2.75) is 19.0 Å². The van der Waals surface area contributed by atoms with Crippen molar-refractivity contribution >= 4 is 11.6 Å². The number of rotatable bonds is 5. The molecule has 2 aromatic rings. The third kappa shape index (κ3) is 3.57. The highest BCUT2D eigenvalue weighted by atomic mass is 35.5. The largest absolute Gasteiger partial charge is 0.394 e. The molecule has 0 saturated carbocycles. The maximum Gasteiger partial charge on any atom is 0.124 e. The number of benzene rings is 2. The zero-order valence-electron chi connectivity index (χ0n) is 11.2. The first-order chi connectivity index (χ1) is 9.61. The van der Waals surface area contributed by atoms with Crippen LogP contribution in [0.3, 0.4) is 0 Å². The minimum Gasteiger partial charge on any atom is -0.394 e. The van der Waals surface area contributed by atoms with E-state index < -0.39 is 0 Å². The minimum atomic E-state index is -0.354. The van der Waals surface area contributed by atoms with E-state index in [2.05, 4.69) is 5.32 Å². The van der Waals surface area contributed by atoms with Crippen molar-refractivity contribution in [3.63, 3.8) is 0 Å². The van der Waals surface area contributed by atoms with Gasteiger partial charge in [0.1, 0.15) is 5.82 Å². The number of aliphatic hydroxyl groups is 1. The highest BCUT2D eigenvalue weighted by molar-refractivity contribution is 6.31. The number of aliphatic hydroxyl groups excluding tert-OH is 1. The third-order valence-corrected chi connectivity index (χ3v) is 3.59. The van der Waals surface area contributed by atoms with Gasteiger partial charge in [-0.05, 0) is 30.2 Å². The van der Waals surface area contributed by atoms with Crippen LogP contribution in [0.2, 0.25) is 5.02 Å². The van der Waals surface area contributed by atoms with Crippen LogP contribution in [0, 0.1) is 5.82 Å². The summed E-state index contributed by atoms with van der Waals surface area (Å²) >= 11 is 6.05. The quantitative estimate of drug-likeness (QED) is 0.877. The van der Waals surface area contributed by atoms with Crippen molar-refractivity contribution < 1.29 is 9.50 Å². The van der Waals surface area contributed by atoms with E-state index in [1.165, 1.54) is 12.1 Å². The highest BCUT2D eigenvalue weighted by Crippen LogP contribution is 2.26. The number of hydrogen-bond acceptors (Lipinski definition) is 2. The Balaban J connectivity index is 2.15. The number of halogens is 2. The van der Waals surface area contributed by atoms with E-state index in [0.717, 1.165) is 11.1 Å². The highest BCUT2D eigenvalue weighted by Gasteiger charge is 2.16. The Morgan fingerprint density at radius 3 is 2.50 bits per heavy atom. The minimum absolute atomic E-state index is 0.0207. The molecular formula is C16H17ClFNO. The molecule has 106 valence electrons. The molecule has 0 saturated heterocycles. The van der Waals surface area contributed by atoms with Crippen LogP contribution in [-0.2, 0) is 0 Å². The fraction of sp³-hybridized carbons (Fsp3) is 0.250. The molecule has 0 amide bonds. The molecule has 0 fully saturated rings. The summed E-state index contributed by atoms with van der Waals surface area (Å²) in [7, 11) is 0. The normalized spacial score (nSPS) is 14.0. The monoisotopic (exact) mass is 293 g/mol. The summed E-state index contributed by atoms with van der Waals surface area (Å²) in [5, 5.41) is 13.2. The molecule has 2 rings (SSSR count). The fourth-order valence-electron chi connectivity index (χ4n) is 2.18. The number of nitrogens with one attached hydrogen (secondary N) is 1. The Hall–Kier alpha value is -1.42. The molecule has 20 heavy (non-hydrogen) atoms. The average Bonchev–Trinajstić information content (AvgIpc) is 2.45. The van der Waals surface area contributed by atoms with Gasteiger partial charge in [-0.15, -0.1) is 0 Å². The van der Waals surface area contributed by atoms with Gasteiger partial charge in [-0.3, -0.25) is 0 Å². The lowest BCUT2D eigenvalue weighted by atomic mass is 10.0. The Morgan fingerprint density at radius 1 is 1.20 bits per heavy atom. The summed E-state index contributed by atoms with van der Waals surface area (Å²) in [5.41, 5.74) is 1.81. The van der Waals surface area contributed by atoms with E-state index in [1.54, 1.807) is 6.07 Å². The first kappa shape index (κ1) is 15.0. The first-order valence-electron chi connectivity index (χ1n) is 6.48. The molecule has 0 bridgehead atoms. The Morgan fingerprint density at radius 2 is 1.90 bits per heavy atom. The van der Waals surface area contributed by atoms with Crippen LogP contribution in [0.5, 0.6) is 0 Å². The fourth-order valence-corrected chi connectivity index (χ4v) is 2.51. The molecule has 2 nitrogen and oxygen atoms in total. The van der Waals surface area contributed by atoms with Crippen LogP contribution in [0.1, 0.15) is 30.1 Å². The summed E-state index contributed by atoms with van der Waals surface area (Å²) in [5.74, 6) is -0.354. The molecule has 4 heteroatoms. The van der Waals surface area contributed by atoms with E-state index in [4.69, 9.17) is 11.6 Å². The zero-order chi connectivity index (χ0) is 14.5. The van der Waals surface area contributed by atoms with E-state index >= 15 is 0 Å². The van der Waals surface area contributed by atoms with E-state index in [0.29, 0.717) is 5.02 Å². The van der Waals surface area contributed by atoms with Crippen LogP contribution in [0.15, 0.2) is 48.5 Å². The van der Waals surface area contributed by atoms with E-state index in [9.17, 15) is 9.50 Å². The van der Waals surface area contributed by atoms with Crippen molar-refractivity contribution in [2.75, 3.05) is 6.61 Å². The molecule has 2 aromatic carbocycles. The molecule has 0 aromatic heterocycles. The smallest absolute Gasteiger partial charge is 0.124 e. The van der Waals surface area contributed by atoms with Gasteiger partial charge >= 0.3 is 0 Å². The second-order valence-corrected chi connectivity index (χ2v) is 5.11. The number of hydrogen-bond donors (Lipinski definition) is 2. The lowest BCUT2D eigenvalue weighted by Gasteiger charge is -2.23. The summed E-state index contributed by atoms with van der Waals surface area (Å²) in [6.07, 6.45) is 0. The van der Waals surface area contributed by atoms with Crippen LogP contribution >= 0.6 is 11.6 Å². The SMILES string of the molecule is CC(N[C@H](CO)c1ccccc1)c1ccc(F)cc1Cl. The second-order valence-electron chi connectivity index (χ2n) is 4.70. The summed E-state index contributed by atoms with van der Waals surface area (Å²) < 4.78 is 13.1. The topological polar surface area (TPSA) is 32.3 Å². The van der Waals surface area contributed by atoms with Crippen molar-refractivity contribution in [2.24, 2.45) is 0 Å². The van der Waals surface area contributed by atoms with Gasteiger partial charge in [-0.25, -0.2) is 4.39 Å². The lowest BCUT2D eigenvalue weighted by molar-refractivity contribution is 0.235. The second kappa shape index (κ2) is 6.84. The molecular weight excluding hydrogens is 277 g/mol. The van der Waals surface area contributed by atoms with Gasteiger partial charge in [-0.2, -0.15) is 0 Å². The van der Waals surface area contributed by atoms with Gasteiger partial charge in [0.05, 0.1) is 12.6 Å². The predicted molar refractivity (Wildman–Crippen MR) is 79.2 cm³/mol. The molecule has 0 heterocycles. The van der Waals surface area contributed by atoms with Crippen molar-refractivity contribution in [1.29, 1.82) is 0 Å². The predicted octanol–water partition coefficient (Wildman–Crippen LogP) is 3.86. The molecule has 2 N–H and O–H groups in total. The van der Waals surface area contributed by atoms with Gasteiger partial charge in [0, 0.05) is 11.1 Å². The van der Waals surface area contributed by atoms with E-state index in [-0.39, 0.29) is 24.5 Å². The third-order valence-electron chi connectivity index (χ3n) is 3.26. The lowest BCUT2D eigenvalue weighted by Crippen LogP contribution is -2.27. The van der Waals surface area contributed by atoms with Crippen molar-refractivity contribution in [1.82, 2.24) is 5.32 Å². The molecule has 0 spiro atoms. The molecule has 0 aliphatic carbocycles. The molecule has 1 unspecified atom stereocenters.